The summed E-state index contributed by atoms with van der Waals surface area (Å²) in [6.07, 6.45) is 3.16. The SMILES string of the molecule is CCC[C@H](c1nc2ccc(Cl)cc2c(=O)n1C)N1CCN[C@@H](C)CC1. The van der Waals surface area contributed by atoms with Gasteiger partial charge in [0.15, 0.2) is 0 Å². The molecule has 3 rings (SSSR count). The first-order valence-corrected chi connectivity index (χ1v) is 9.52. The lowest BCUT2D eigenvalue weighted by Crippen LogP contribution is -2.36. The molecule has 1 aliphatic rings. The number of fused-ring (bicyclic) bond motifs is 1. The van der Waals surface area contributed by atoms with E-state index >= 15 is 0 Å². The van der Waals surface area contributed by atoms with Gasteiger partial charge in [0.25, 0.3) is 5.56 Å². The highest BCUT2D eigenvalue weighted by Gasteiger charge is 2.26. The highest BCUT2D eigenvalue weighted by molar-refractivity contribution is 6.31. The van der Waals surface area contributed by atoms with Crippen LogP contribution in [0.2, 0.25) is 5.02 Å². The molecule has 1 saturated heterocycles. The number of rotatable bonds is 4. The van der Waals surface area contributed by atoms with Crippen molar-refractivity contribution in [1.29, 1.82) is 0 Å². The third-order valence-corrected chi connectivity index (χ3v) is 5.35. The lowest BCUT2D eigenvalue weighted by Gasteiger charge is -2.31. The number of nitrogens with zero attached hydrogens (tertiary/aromatic N) is 3. The molecule has 0 amide bonds. The monoisotopic (exact) mass is 362 g/mol. The molecule has 5 nitrogen and oxygen atoms in total. The molecule has 0 saturated carbocycles. The van der Waals surface area contributed by atoms with Crippen LogP contribution in [0.4, 0.5) is 0 Å². The van der Waals surface area contributed by atoms with Crippen LogP contribution in [0.5, 0.6) is 0 Å². The Morgan fingerprint density at radius 2 is 2.20 bits per heavy atom. The zero-order valence-electron chi connectivity index (χ0n) is 15.3. The smallest absolute Gasteiger partial charge is 0.261 e. The second-order valence-electron chi connectivity index (χ2n) is 6.98. The molecule has 0 aliphatic carbocycles. The van der Waals surface area contributed by atoms with Crippen LogP contribution in [0.3, 0.4) is 0 Å². The van der Waals surface area contributed by atoms with E-state index in [1.54, 1.807) is 16.7 Å². The van der Waals surface area contributed by atoms with Crippen molar-refractivity contribution in [2.24, 2.45) is 7.05 Å². The maximum atomic E-state index is 12.8. The molecule has 136 valence electrons. The standard InChI is InChI=1S/C19H27ClN4O/c1-4-5-17(24-10-8-13(2)21-9-11-24)18-22-16-7-6-14(20)12-15(16)19(25)23(18)3/h6-7,12-13,17,21H,4-5,8-11H2,1-3H3/t13-,17+/m0/s1. The van der Waals surface area contributed by atoms with E-state index in [1.807, 2.05) is 13.1 Å². The summed E-state index contributed by atoms with van der Waals surface area (Å²) in [7, 11) is 1.83. The van der Waals surface area contributed by atoms with Gasteiger partial charge in [-0.3, -0.25) is 14.3 Å². The zero-order valence-corrected chi connectivity index (χ0v) is 16.0. The Labute approximate surface area is 154 Å². The molecule has 2 atom stereocenters. The number of nitrogens with one attached hydrogen (secondary N) is 1. The highest BCUT2D eigenvalue weighted by Crippen LogP contribution is 2.26. The van der Waals surface area contributed by atoms with Gasteiger partial charge in [-0.1, -0.05) is 24.9 Å². The Balaban J connectivity index is 2.05. The van der Waals surface area contributed by atoms with Crippen LogP contribution in [0.15, 0.2) is 23.0 Å². The average molecular weight is 363 g/mol. The first-order chi connectivity index (χ1) is 12.0. The van der Waals surface area contributed by atoms with Gasteiger partial charge in [-0.2, -0.15) is 0 Å². The molecule has 1 aliphatic heterocycles. The van der Waals surface area contributed by atoms with Gasteiger partial charge in [-0.25, -0.2) is 4.98 Å². The van der Waals surface area contributed by atoms with Gasteiger partial charge >= 0.3 is 0 Å². The summed E-state index contributed by atoms with van der Waals surface area (Å²) in [5.41, 5.74) is 0.704. The Bertz CT molecular complexity index is 804. The summed E-state index contributed by atoms with van der Waals surface area (Å²) in [6, 6.07) is 6.05. The summed E-state index contributed by atoms with van der Waals surface area (Å²) in [5, 5.41) is 4.69. The molecule has 2 heterocycles. The number of hydrogen-bond acceptors (Lipinski definition) is 4. The van der Waals surface area contributed by atoms with E-state index in [9.17, 15) is 4.79 Å². The maximum absolute atomic E-state index is 12.8. The minimum atomic E-state index is -0.0232. The molecule has 2 aromatic rings. The van der Waals surface area contributed by atoms with Gasteiger partial charge in [-0.15, -0.1) is 0 Å². The van der Waals surface area contributed by atoms with Crippen LogP contribution in [0.1, 0.15) is 45.0 Å². The van der Waals surface area contributed by atoms with Gasteiger partial charge in [-0.05, 0) is 38.0 Å². The van der Waals surface area contributed by atoms with Crippen LogP contribution in [0, 0.1) is 0 Å². The molecule has 6 heteroatoms. The fraction of sp³-hybridized carbons (Fsp3) is 0.579. The molecular formula is C19H27ClN4O. The van der Waals surface area contributed by atoms with Gasteiger partial charge in [0.05, 0.1) is 16.9 Å². The van der Waals surface area contributed by atoms with Crippen molar-refractivity contribution in [3.05, 3.63) is 39.4 Å². The minimum absolute atomic E-state index is 0.0232. The zero-order chi connectivity index (χ0) is 18.0. The van der Waals surface area contributed by atoms with Gasteiger partial charge < -0.3 is 5.32 Å². The second kappa shape index (κ2) is 7.85. The fourth-order valence-electron chi connectivity index (χ4n) is 3.65. The van der Waals surface area contributed by atoms with Crippen molar-refractivity contribution in [3.8, 4) is 0 Å². The van der Waals surface area contributed by atoms with Gasteiger partial charge in [0, 0.05) is 37.7 Å². The third-order valence-electron chi connectivity index (χ3n) is 5.11. The summed E-state index contributed by atoms with van der Waals surface area (Å²) < 4.78 is 1.71. The molecule has 0 radical (unpaired) electrons. The van der Waals surface area contributed by atoms with Crippen LogP contribution in [-0.4, -0.2) is 40.1 Å². The summed E-state index contributed by atoms with van der Waals surface area (Å²) in [4.78, 5) is 20.2. The predicted octanol–water partition coefficient (Wildman–Crippen LogP) is 3.11. The number of benzene rings is 1. The first kappa shape index (κ1) is 18.4. The largest absolute Gasteiger partial charge is 0.313 e. The Morgan fingerprint density at radius 1 is 1.40 bits per heavy atom. The van der Waals surface area contributed by atoms with Crippen molar-refractivity contribution in [2.45, 2.75) is 45.2 Å². The van der Waals surface area contributed by atoms with Crippen LogP contribution in [-0.2, 0) is 7.05 Å². The number of aromatic nitrogens is 2. The normalized spacial score (nSPS) is 20.6. The van der Waals surface area contributed by atoms with Crippen molar-refractivity contribution in [2.75, 3.05) is 19.6 Å². The predicted molar refractivity (Wildman–Crippen MR) is 103 cm³/mol. The topological polar surface area (TPSA) is 50.2 Å². The van der Waals surface area contributed by atoms with Crippen LogP contribution in [0.25, 0.3) is 10.9 Å². The Hall–Kier alpha value is -1.43. The van der Waals surface area contributed by atoms with E-state index in [4.69, 9.17) is 16.6 Å². The third kappa shape index (κ3) is 3.89. The first-order valence-electron chi connectivity index (χ1n) is 9.15. The van der Waals surface area contributed by atoms with Gasteiger partial charge in [0.1, 0.15) is 5.82 Å². The number of hydrogen-bond donors (Lipinski definition) is 1. The van der Waals surface area contributed by atoms with E-state index in [2.05, 4.69) is 24.1 Å². The van der Waals surface area contributed by atoms with Crippen molar-refractivity contribution >= 4 is 22.5 Å². The molecule has 0 spiro atoms. The van der Waals surface area contributed by atoms with Gasteiger partial charge in [0.2, 0.25) is 0 Å². The quantitative estimate of drug-likeness (QED) is 0.907. The lowest BCUT2D eigenvalue weighted by atomic mass is 10.1. The fourth-order valence-corrected chi connectivity index (χ4v) is 3.82. The van der Waals surface area contributed by atoms with Crippen LogP contribution >= 0.6 is 11.6 Å². The van der Waals surface area contributed by atoms with E-state index in [-0.39, 0.29) is 11.6 Å². The molecule has 1 aromatic carbocycles. The van der Waals surface area contributed by atoms with Crippen molar-refractivity contribution in [3.63, 3.8) is 0 Å². The summed E-state index contributed by atoms with van der Waals surface area (Å²) in [5.74, 6) is 0.858. The van der Waals surface area contributed by atoms with E-state index in [0.717, 1.165) is 50.2 Å². The molecule has 25 heavy (non-hydrogen) atoms. The molecule has 1 N–H and O–H groups in total. The average Bonchev–Trinajstić information content (AvgIpc) is 2.81. The number of halogens is 1. The Kier molecular flexibility index (Phi) is 5.77. The summed E-state index contributed by atoms with van der Waals surface area (Å²) in [6.45, 7) is 7.38. The van der Waals surface area contributed by atoms with Crippen molar-refractivity contribution in [1.82, 2.24) is 19.8 Å². The van der Waals surface area contributed by atoms with E-state index in [1.165, 1.54) is 0 Å². The molecule has 0 bridgehead atoms. The minimum Gasteiger partial charge on any atom is -0.313 e. The molecular weight excluding hydrogens is 336 g/mol. The second-order valence-corrected chi connectivity index (χ2v) is 7.42. The Morgan fingerprint density at radius 3 is 2.96 bits per heavy atom. The molecule has 1 fully saturated rings. The highest BCUT2D eigenvalue weighted by atomic mass is 35.5. The lowest BCUT2D eigenvalue weighted by molar-refractivity contribution is 0.186. The van der Waals surface area contributed by atoms with E-state index in [0.29, 0.717) is 16.5 Å². The molecule has 1 aromatic heterocycles. The molecule has 0 unspecified atom stereocenters. The summed E-state index contributed by atoms with van der Waals surface area (Å²) >= 11 is 6.06. The van der Waals surface area contributed by atoms with Crippen molar-refractivity contribution < 1.29 is 0 Å². The maximum Gasteiger partial charge on any atom is 0.261 e. The van der Waals surface area contributed by atoms with Crippen LogP contribution < -0.4 is 10.9 Å². The van der Waals surface area contributed by atoms with E-state index < -0.39 is 0 Å².